The lowest BCUT2D eigenvalue weighted by molar-refractivity contribution is 0.602. The Bertz CT molecular complexity index is 496. The minimum Gasteiger partial charge on any atom is -0.375 e. The molecule has 0 aliphatic heterocycles. The van der Waals surface area contributed by atoms with Crippen LogP contribution in [0.15, 0.2) is 18.2 Å². The average Bonchev–Trinajstić information content (AvgIpc) is 2.66. The van der Waals surface area contributed by atoms with Crippen molar-refractivity contribution in [3.05, 3.63) is 35.7 Å². The lowest BCUT2D eigenvalue weighted by atomic mass is 10.3. The second kappa shape index (κ2) is 4.21. The van der Waals surface area contributed by atoms with Crippen molar-refractivity contribution in [1.29, 1.82) is 0 Å². The van der Waals surface area contributed by atoms with Gasteiger partial charge < -0.3 is 5.32 Å². The van der Waals surface area contributed by atoms with E-state index in [1.807, 2.05) is 0 Å². The Morgan fingerprint density at radius 2 is 2.19 bits per heavy atom. The molecule has 7 heteroatoms. The minimum absolute atomic E-state index is 0.0763. The van der Waals surface area contributed by atoms with Crippen LogP contribution in [0.4, 0.5) is 14.5 Å². The average molecular weight is 225 g/mol. The van der Waals surface area contributed by atoms with Crippen molar-refractivity contribution in [2.75, 3.05) is 5.32 Å². The molecule has 0 aliphatic carbocycles. The number of aromatic nitrogens is 4. The first-order valence-corrected chi connectivity index (χ1v) is 4.57. The maximum Gasteiger partial charge on any atom is 0.193 e. The van der Waals surface area contributed by atoms with Gasteiger partial charge in [0.1, 0.15) is 11.6 Å². The lowest BCUT2D eigenvalue weighted by Crippen LogP contribution is -2.04. The summed E-state index contributed by atoms with van der Waals surface area (Å²) in [7, 11) is 1.62. The van der Waals surface area contributed by atoms with E-state index in [1.165, 1.54) is 4.80 Å². The van der Waals surface area contributed by atoms with Crippen molar-refractivity contribution in [3.8, 4) is 0 Å². The van der Waals surface area contributed by atoms with Crippen LogP contribution in [-0.2, 0) is 13.6 Å². The molecular weight excluding hydrogens is 216 g/mol. The maximum atomic E-state index is 13.2. The Morgan fingerprint density at radius 3 is 2.88 bits per heavy atom. The Kier molecular flexibility index (Phi) is 2.76. The van der Waals surface area contributed by atoms with Crippen molar-refractivity contribution in [2.24, 2.45) is 7.05 Å². The van der Waals surface area contributed by atoms with Crippen molar-refractivity contribution in [2.45, 2.75) is 6.54 Å². The van der Waals surface area contributed by atoms with Gasteiger partial charge in [-0.3, -0.25) is 0 Å². The van der Waals surface area contributed by atoms with Crippen LogP contribution in [-0.4, -0.2) is 20.2 Å². The molecule has 1 heterocycles. The Labute approximate surface area is 90.1 Å². The van der Waals surface area contributed by atoms with E-state index < -0.39 is 11.6 Å². The third-order valence-electron chi connectivity index (χ3n) is 1.92. The van der Waals surface area contributed by atoms with Crippen LogP contribution in [0.2, 0.25) is 0 Å². The van der Waals surface area contributed by atoms with E-state index in [2.05, 4.69) is 20.7 Å². The monoisotopic (exact) mass is 225 g/mol. The van der Waals surface area contributed by atoms with Crippen molar-refractivity contribution >= 4 is 5.69 Å². The van der Waals surface area contributed by atoms with Gasteiger partial charge in [-0.1, -0.05) is 0 Å². The normalized spacial score (nSPS) is 10.4. The van der Waals surface area contributed by atoms with Gasteiger partial charge in [-0.05, 0) is 23.4 Å². The molecule has 0 spiro atoms. The zero-order valence-corrected chi connectivity index (χ0v) is 8.48. The smallest absolute Gasteiger partial charge is 0.193 e. The molecule has 1 aromatic carbocycles. The zero-order valence-electron chi connectivity index (χ0n) is 8.48. The molecule has 2 rings (SSSR count). The Hall–Kier alpha value is -2.05. The van der Waals surface area contributed by atoms with E-state index in [1.54, 1.807) is 7.05 Å². The van der Waals surface area contributed by atoms with Gasteiger partial charge in [-0.2, -0.15) is 4.80 Å². The van der Waals surface area contributed by atoms with E-state index in [4.69, 9.17) is 0 Å². The van der Waals surface area contributed by atoms with Gasteiger partial charge in [0.05, 0.1) is 19.3 Å². The van der Waals surface area contributed by atoms with Crippen LogP contribution in [0.1, 0.15) is 5.82 Å². The first-order chi connectivity index (χ1) is 7.65. The summed E-state index contributed by atoms with van der Waals surface area (Å²) in [4.78, 5) is 1.29. The molecule has 0 fully saturated rings. The minimum atomic E-state index is -0.523. The molecule has 0 bridgehead atoms. The van der Waals surface area contributed by atoms with E-state index in [0.29, 0.717) is 5.82 Å². The summed E-state index contributed by atoms with van der Waals surface area (Å²) in [5, 5.41) is 13.9. The van der Waals surface area contributed by atoms with E-state index in [-0.39, 0.29) is 12.2 Å². The molecule has 0 radical (unpaired) electrons. The Morgan fingerprint density at radius 1 is 1.38 bits per heavy atom. The van der Waals surface area contributed by atoms with Gasteiger partial charge in [0.2, 0.25) is 0 Å². The van der Waals surface area contributed by atoms with E-state index >= 15 is 0 Å². The molecule has 0 aliphatic rings. The SMILES string of the molecule is Cn1nnc(CNc2cc(F)ccc2F)n1. The highest BCUT2D eigenvalue weighted by atomic mass is 19.1. The lowest BCUT2D eigenvalue weighted by Gasteiger charge is -2.04. The third-order valence-corrected chi connectivity index (χ3v) is 1.92. The largest absolute Gasteiger partial charge is 0.375 e. The summed E-state index contributed by atoms with van der Waals surface area (Å²) < 4.78 is 26.0. The number of hydrogen-bond donors (Lipinski definition) is 1. The zero-order chi connectivity index (χ0) is 11.5. The van der Waals surface area contributed by atoms with Crippen LogP contribution in [0.3, 0.4) is 0 Å². The van der Waals surface area contributed by atoms with Gasteiger partial charge in [-0.15, -0.1) is 10.2 Å². The summed E-state index contributed by atoms with van der Waals surface area (Å²) in [5.41, 5.74) is 0.0763. The summed E-state index contributed by atoms with van der Waals surface area (Å²) in [5.74, 6) is -0.618. The Balaban J connectivity index is 2.07. The fraction of sp³-hybridized carbons (Fsp3) is 0.222. The molecule has 1 aromatic heterocycles. The topological polar surface area (TPSA) is 55.6 Å². The number of anilines is 1. The number of nitrogens with one attached hydrogen (secondary N) is 1. The number of nitrogens with zero attached hydrogens (tertiary/aromatic N) is 4. The molecular formula is C9H9F2N5. The predicted molar refractivity (Wildman–Crippen MR) is 52.5 cm³/mol. The molecule has 0 amide bonds. The highest BCUT2D eigenvalue weighted by Crippen LogP contribution is 2.15. The van der Waals surface area contributed by atoms with E-state index in [0.717, 1.165) is 18.2 Å². The number of benzene rings is 1. The molecule has 0 unspecified atom stereocenters. The van der Waals surface area contributed by atoms with Crippen LogP contribution >= 0.6 is 0 Å². The summed E-state index contributed by atoms with van der Waals surface area (Å²) in [6, 6.07) is 3.19. The van der Waals surface area contributed by atoms with Crippen molar-refractivity contribution in [3.63, 3.8) is 0 Å². The second-order valence-electron chi connectivity index (χ2n) is 3.17. The molecule has 2 aromatic rings. The quantitative estimate of drug-likeness (QED) is 0.849. The molecule has 0 atom stereocenters. The van der Waals surface area contributed by atoms with Gasteiger partial charge in [-0.25, -0.2) is 8.78 Å². The van der Waals surface area contributed by atoms with Gasteiger partial charge >= 0.3 is 0 Å². The number of rotatable bonds is 3. The molecule has 16 heavy (non-hydrogen) atoms. The van der Waals surface area contributed by atoms with Crippen molar-refractivity contribution < 1.29 is 8.78 Å². The summed E-state index contributed by atoms with van der Waals surface area (Å²) in [6.45, 7) is 0.189. The van der Waals surface area contributed by atoms with Gasteiger partial charge in [0.15, 0.2) is 5.82 Å². The van der Waals surface area contributed by atoms with Crippen molar-refractivity contribution in [1.82, 2.24) is 20.2 Å². The molecule has 0 saturated heterocycles. The first kappa shape index (κ1) is 10.5. The number of aryl methyl sites for hydroxylation is 1. The van der Waals surface area contributed by atoms with Crippen LogP contribution in [0.5, 0.6) is 0 Å². The fourth-order valence-electron chi connectivity index (χ4n) is 1.20. The molecule has 1 N–H and O–H groups in total. The number of tetrazole rings is 1. The summed E-state index contributed by atoms with van der Waals surface area (Å²) >= 11 is 0. The van der Waals surface area contributed by atoms with Gasteiger partial charge in [0.25, 0.3) is 0 Å². The molecule has 0 saturated carbocycles. The first-order valence-electron chi connectivity index (χ1n) is 4.57. The third kappa shape index (κ3) is 2.30. The maximum absolute atomic E-state index is 13.2. The molecule has 84 valence electrons. The van der Waals surface area contributed by atoms with Crippen LogP contribution in [0.25, 0.3) is 0 Å². The number of halogens is 2. The predicted octanol–water partition coefficient (Wildman–Crippen LogP) is 1.10. The highest BCUT2D eigenvalue weighted by molar-refractivity contribution is 5.44. The molecule has 5 nitrogen and oxygen atoms in total. The fourth-order valence-corrected chi connectivity index (χ4v) is 1.20. The standard InChI is InChI=1S/C9H9F2N5/c1-16-14-9(13-15-16)5-12-8-4-6(10)2-3-7(8)11/h2-4,12H,5H2,1H3. The second-order valence-corrected chi connectivity index (χ2v) is 3.17. The van der Waals surface area contributed by atoms with Gasteiger partial charge in [0, 0.05) is 0 Å². The van der Waals surface area contributed by atoms with Crippen LogP contribution in [0, 0.1) is 11.6 Å². The summed E-state index contributed by atoms with van der Waals surface area (Å²) in [6.07, 6.45) is 0. The van der Waals surface area contributed by atoms with E-state index in [9.17, 15) is 8.78 Å². The highest BCUT2D eigenvalue weighted by Gasteiger charge is 2.05. The van der Waals surface area contributed by atoms with Crippen LogP contribution < -0.4 is 5.32 Å². The number of hydrogen-bond acceptors (Lipinski definition) is 4.